The van der Waals surface area contributed by atoms with E-state index in [1.54, 1.807) is 4.57 Å². The average molecular weight is 361 g/mol. The Bertz CT molecular complexity index is 967. The molecule has 0 aliphatic rings. The molecule has 0 aliphatic heterocycles. The van der Waals surface area contributed by atoms with Crippen LogP contribution in [0.1, 0.15) is 39.9 Å². The van der Waals surface area contributed by atoms with Crippen molar-refractivity contribution in [1.82, 2.24) is 24.5 Å². The Morgan fingerprint density at radius 3 is 2.72 bits per heavy atom. The maximum atomic E-state index is 12.8. The Balaban J connectivity index is 2.05. The maximum Gasteiger partial charge on any atom is 0.272 e. The number of nitrogens with one attached hydrogen (secondary N) is 1. The lowest BCUT2D eigenvalue weighted by atomic mass is 10.2. The molecule has 0 unspecified atom stereocenters. The van der Waals surface area contributed by atoms with Gasteiger partial charge >= 0.3 is 0 Å². The maximum absolute atomic E-state index is 12.8. The van der Waals surface area contributed by atoms with E-state index in [2.05, 4.69) is 29.4 Å². The molecule has 7 nitrogen and oxygen atoms in total. The summed E-state index contributed by atoms with van der Waals surface area (Å²) < 4.78 is 4.30. The average Bonchev–Trinajstić information content (AvgIpc) is 3.14. The molecule has 1 amide bonds. The minimum atomic E-state index is -0.0253. The second-order valence-electron chi connectivity index (χ2n) is 6.92. The van der Waals surface area contributed by atoms with Crippen LogP contribution in [0, 0.1) is 5.92 Å². The predicted molar refractivity (Wildman–Crippen MR) is 99.1 cm³/mol. The van der Waals surface area contributed by atoms with E-state index >= 15 is 0 Å². The number of thiophene rings is 1. The molecule has 0 saturated heterocycles. The number of carbonyl (C=O) groups excluding carboxylic acids is 1. The quantitative estimate of drug-likeness (QED) is 0.730. The van der Waals surface area contributed by atoms with E-state index in [1.165, 1.54) is 11.3 Å². The van der Waals surface area contributed by atoms with Gasteiger partial charge < -0.3 is 5.32 Å². The van der Waals surface area contributed by atoms with Gasteiger partial charge in [0.2, 0.25) is 11.7 Å². The van der Waals surface area contributed by atoms with Crippen LogP contribution in [0.4, 0.5) is 0 Å². The first-order valence-electron chi connectivity index (χ1n) is 8.51. The summed E-state index contributed by atoms with van der Waals surface area (Å²) in [6.45, 7) is 8.58. The topological polar surface area (TPSA) is 81.3 Å². The lowest BCUT2D eigenvalue weighted by Crippen LogP contribution is -2.30. The summed E-state index contributed by atoms with van der Waals surface area (Å²) in [5.41, 5.74) is 0.789. The smallest absolute Gasteiger partial charge is 0.272 e. The standard InChI is InChI=1S/C17H23N5O2S/c1-10(2)9-21-16(24)15-12(7-8-25-15)22-13(19-20-17(21)22)5-6-14(23)18-11(3)4/h7-8,10-11H,5-6,9H2,1-4H3,(H,18,23). The summed E-state index contributed by atoms with van der Waals surface area (Å²) in [5, 5.41) is 13.3. The third kappa shape index (κ3) is 3.44. The molecule has 0 aromatic carbocycles. The van der Waals surface area contributed by atoms with E-state index in [-0.39, 0.29) is 17.5 Å². The second-order valence-corrected chi connectivity index (χ2v) is 7.83. The molecule has 134 valence electrons. The third-order valence-electron chi connectivity index (χ3n) is 3.85. The zero-order valence-corrected chi connectivity index (χ0v) is 15.8. The van der Waals surface area contributed by atoms with Crippen LogP contribution in [-0.4, -0.2) is 31.1 Å². The highest BCUT2D eigenvalue weighted by molar-refractivity contribution is 7.17. The molecular weight excluding hydrogens is 338 g/mol. The molecule has 0 atom stereocenters. The minimum absolute atomic E-state index is 0.0104. The van der Waals surface area contributed by atoms with Crippen LogP contribution >= 0.6 is 11.3 Å². The van der Waals surface area contributed by atoms with Crippen molar-refractivity contribution in [2.75, 3.05) is 0 Å². The normalized spacial score (nSPS) is 11.9. The number of nitrogens with zero attached hydrogens (tertiary/aromatic N) is 4. The molecule has 3 aromatic heterocycles. The van der Waals surface area contributed by atoms with E-state index in [4.69, 9.17) is 0 Å². The van der Waals surface area contributed by atoms with Crippen molar-refractivity contribution in [2.24, 2.45) is 5.92 Å². The van der Waals surface area contributed by atoms with Crippen molar-refractivity contribution in [1.29, 1.82) is 0 Å². The summed E-state index contributed by atoms with van der Waals surface area (Å²) >= 11 is 1.43. The van der Waals surface area contributed by atoms with Gasteiger partial charge in [-0.1, -0.05) is 13.8 Å². The first kappa shape index (κ1) is 17.6. The number of rotatable bonds is 6. The van der Waals surface area contributed by atoms with Gasteiger partial charge in [0, 0.05) is 25.4 Å². The Morgan fingerprint density at radius 2 is 2.04 bits per heavy atom. The Morgan fingerprint density at radius 1 is 1.28 bits per heavy atom. The molecule has 0 saturated carbocycles. The fourth-order valence-electron chi connectivity index (χ4n) is 2.89. The largest absolute Gasteiger partial charge is 0.354 e. The SMILES string of the molecule is CC(C)Cn1c(=O)c2sccc2n2c(CCC(=O)NC(C)C)nnc12. The Labute approximate surface area is 149 Å². The van der Waals surface area contributed by atoms with Crippen LogP contribution in [0.2, 0.25) is 0 Å². The van der Waals surface area contributed by atoms with Crippen LogP contribution in [0.3, 0.4) is 0 Å². The molecule has 0 spiro atoms. The van der Waals surface area contributed by atoms with Gasteiger partial charge in [-0.05, 0) is 31.2 Å². The van der Waals surface area contributed by atoms with Gasteiger partial charge in [0.15, 0.2) is 0 Å². The number of aromatic nitrogens is 4. The molecule has 3 rings (SSSR count). The monoisotopic (exact) mass is 361 g/mol. The van der Waals surface area contributed by atoms with E-state index in [1.807, 2.05) is 29.7 Å². The van der Waals surface area contributed by atoms with Crippen molar-refractivity contribution in [3.05, 3.63) is 27.6 Å². The zero-order chi connectivity index (χ0) is 18.1. The third-order valence-corrected chi connectivity index (χ3v) is 4.74. The molecule has 3 aromatic rings. The van der Waals surface area contributed by atoms with Gasteiger partial charge in [0.05, 0.1) is 5.52 Å². The number of hydrogen-bond donors (Lipinski definition) is 1. The van der Waals surface area contributed by atoms with Crippen molar-refractivity contribution in [3.63, 3.8) is 0 Å². The molecule has 25 heavy (non-hydrogen) atoms. The van der Waals surface area contributed by atoms with Crippen LogP contribution in [0.25, 0.3) is 16.0 Å². The molecule has 0 aliphatic carbocycles. The van der Waals surface area contributed by atoms with Crippen LogP contribution in [0.15, 0.2) is 16.2 Å². The van der Waals surface area contributed by atoms with Crippen molar-refractivity contribution < 1.29 is 4.79 Å². The highest BCUT2D eigenvalue weighted by Crippen LogP contribution is 2.20. The highest BCUT2D eigenvalue weighted by atomic mass is 32.1. The highest BCUT2D eigenvalue weighted by Gasteiger charge is 2.18. The molecule has 0 radical (unpaired) electrons. The fraction of sp³-hybridized carbons (Fsp3) is 0.529. The van der Waals surface area contributed by atoms with Gasteiger partial charge in [0.25, 0.3) is 5.56 Å². The van der Waals surface area contributed by atoms with Crippen LogP contribution in [-0.2, 0) is 17.8 Å². The first-order chi connectivity index (χ1) is 11.9. The van der Waals surface area contributed by atoms with Crippen LogP contribution < -0.4 is 10.9 Å². The van der Waals surface area contributed by atoms with E-state index < -0.39 is 0 Å². The number of hydrogen-bond acceptors (Lipinski definition) is 5. The van der Waals surface area contributed by atoms with Crippen molar-refractivity contribution >= 4 is 33.2 Å². The first-order valence-corrected chi connectivity index (χ1v) is 9.39. The summed E-state index contributed by atoms with van der Waals surface area (Å²) in [4.78, 5) is 24.7. The van der Waals surface area contributed by atoms with Crippen molar-refractivity contribution in [3.8, 4) is 0 Å². The molecule has 8 heteroatoms. The van der Waals surface area contributed by atoms with Crippen molar-refractivity contribution in [2.45, 2.75) is 53.1 Å². The minimum Gasteiger partial charge on any atom is -0.354 e. The fourth-order valence-corrected chi connectivity index (χ4v) is 3.72. The zero-order valence-electron chi connectivity index (χ0n) is 14.9. The van der Waals surface area contributed by atoms with Gasteiger partial charge in [-0.2, -0.15) is 0 Å². The van der Waals surface area contributed by atoms with Crippen LogP contribution in [0.5, 0.6) is 0 Å². The predicted octanol–water partition coefficient (Wildman–Crippen LogP) is 2.22. The number of fused-ring (bicyclic) bond motifs is 3. The summed E-state index contributed by atoms with van der Waals surface area (Å²) in [5.74, 6) is 1.55. The molecule has 1 N–H and O–H groups in total. The van der Waals surface area contributed by atoms with Gasteiger partial charge in [0.1, 0.15) is 10.5 Å². The molecule has 0 bridgehead atoms. The number of aryl methyl sites for hydroxylation is 1. The Hall–Kier alpha value is -2.22. The number of amides is 1. The molecule has 0 fully saturated rings. The van der Waals surface area contributed by atoms with Gasteiger partial charge in [-0.3, -0.25) is 18.6 Å². The van der Waals surface area contributed by atoms with Gasteiger partial charge in [-0.25, -0.2) is 0 Å². The lowest BCUT2D eigenvalue weighted by Gasteiger charge is -2.11. The van der Waals surface area contributed by atoms with Gasteiger partial charge in [-0.15, -0.1) is 21.5 Å². The van der Waals surface area contributed by atoms with E-state index in [0.717, 1.165) is 5.52 Å². The lowest BCUT2D eigenvalue weighted by molar-refractivity contribution is -0.121. The summed E-state index contributed by atoms with van der Waals surface area (Å²) in [6, 6.07) is 2.03. The number of carbonyl (C=O) groups is 1. The second kappa shape index (κ2) is 6.95. The summed E-state index contributed by atoms with van der Waals surface area (Å²) in [7, 11) is 0. The summed E-state index contributed by atoms with van der Waals surface area (Å²) in [6.07, 6.45) is 0.818. The van der Waals surface area contributed by atoms with E-state index in [0.29, 0.717) is 41.6 Å². The Kier molecular flexibility index (Phi) is 4.89. The molecular formula is C17H23N5O2S. The van der Waals surface area contributed by atoms with E-state index in [9.17, 15) is 9.59 Å². The molecule has 3 heterocycles.